The highest BCUT2D eigenvalue weighted by molar-refractivity contribution is 9.09. The molecule has 0 rings (SSSR count). The zero-order chi connectivity index (χ0) is 29.7. The summed E-state index contributed by atoms with van der Waals surface area (Å²) in [5.41, 5.74) is 0. The van der Waals surface area contributed by atoms with Crippen molar-refractivity contribution in [3.63, 3.8) is 0 Å². The molecule has 0 fully saturated rings. The summed E-state index contributed by atoms with van der Waals surface area (Å²) in [6, 6.07) is 0. The van der Waals surface area contributed by atoms with Crippen molar-refractivity contribution in [2.75, 3.05) is 23.9 Å². The number of ether oxygens (including phenoxy) is 2. The topological polar surface area (TPSA) is 168 Å². The number of alkyl halides is 2. The van der Waals surface area contributed by atoms with Gasteiger partial charge in [-0.25, -0.2) is 0 Å². The standard InChI is InChI=1S/C7H12O5.C3H6Br2O.2C2H4O2.4C2H6.4CH4/c1-5(8)11-3-7(10)4-12-6(2)9;4-1-3(6)2-5;2*1-2(3)4;4*1-2;;;;/h7,10H,3-4H2,1-2H3;3,6H,1-2H2;2*1H3,(H,3,4);4*1-2H3;4*1H4. The largest absolute Gasteiger partial charge is 0.481 e. The lowest BCUT2D eigenvalue weighted by molar-refractivity contribution is -0.149. The van der Waals surface area contributed by atoms with Gasteiger partial charge in [-0.2, -0.15) is 0 Å². The fourth-order valence-electron chi connectivity index (χ4n) is 0.516. The van der Waals surface area contributed by atoms with Gasteiger partial charge in [-0.1, -0.05) is 117 Å². The van der Waals surface area contributed by atoms with Crippen LogP contribution in [0.2, 0.25) is 0 Å². The molecular weight excluding hydrogens is 632 g/mol. The minimum Gasteiger partial charge on any atom is -0.481 e. The van der Waals surface area contributed by atoms with Crippen molar-refractivity contribution in [1.29, 1.82) is 0 Å². The predicted octanol–water partition coefficient (Wildman–Crippen LogP) is 7.44. The number of carbonyl (C=O) groups excluding carboxylic acids is 2. The molecule has 0 radical (unpaired) electrons. The summed E-state index contributed by atoms with van der Waals surface area (Å²) in [6.45, 7) is 20.3. The summed E-state index contributed by atoms with van der Waals surface area (Å²) in [6.07, 6.45) is -1.18. The first-order chi connectivity index (χ1) is 15.8. The number of carboxylic acids is 2. The lowest BCUT2D eigenvalue weighted by Gasteiger charge is -2.09. The SMILES string of the molecule is C.C.C.C.CC.CC.CC.CC.CC(=O)O.CC(=O)O.CC(=O)OCC(O)COC(C)=O.OC(CBr)CBr. The molecule has 12 heteroatoms. The zero-order valence-corrected chi connectivity index (χ0v) is 26.1. The van der Waals surface area contributed by atoms with Gasteiger partial charge in [0.2, 0.25) is 0 Å². The minimum absolute atomic E-state index is 0. The van der Waals surface area contributed by atoms with Gasteiger partial charge < -0.3 is 29.9 Å². The molecule has 0 heterocycles. The van der Waals surface area contributed by atoms with Crippen LogP contribution in [-0.2, 0) is 28.7 Å². The van der Waals surface area contributed by atoms with Gasteiger partial charge in [-0.3, -0.25) is 19.2 Å². The third-order valence-electron chi connectivity index (χ3n) is 1.31. The first kappa shape index (κ1) is 76.7. The van der Waals surface area contributed by atoms with Gasteiger partial charge in [0.15, 0.2) is 0 Å². The molecule has 0 spiro atoms. The molecule has 38 heavy (non-hydrogen) atoms. The Balaban J connectivity index is -0.0000000225. The maximum absolute atomic E-state index is 10.2. The van der Waals surface area contributed by atoms with Crippen LogP contribution >= 0.6 is 31.9 Å². The van der Waals surface area contributed by atoms with E-state index in [9.17, 15) is 9.59 Å². The van der Waals surface area contributed by atoms with Crippen molar-refractivity contribution in [3.8, 4) is 0 Å². The maximum Gasteiger partial charge on any atom is 0.302 e. The second kappa shape index (κ2) is 83.4. The second-order valence-electron chi connectivity index (χ2n) is 4.26. The summed E-state index contributed by atoms with van der Waals surface area (Å²) in [4.78, 5) is 38.5. The first-order valence-corrected chi connectivity index (χ1v) is 13.2. The molecule has 4 N–H and O–H groups in total. The minimum atomic E-state index is -0.946. The molecule has 0 aliphatic carbocycles. The van der Waals surface area contributed by atoms with Crippen molar-refractivity contribution in [3.05, 3.63) is 0 Å². The lowest BCUT2D eigenvalue weighted by Crippen LogP contribution is -2.24. The Hall–Kier alpha value is -1.24. The summed E-state index contributed by atoms with van der Waals surface area (Å²) in [5, 5.41) is 33.7. The van der Waals surface area contributed by atoms with Crippen LogP contribution in [0.3, 0.4) is 0 Å². The van der Waals surface area contributed by atoms with Crippen molar-refractivity contribution in [1.82, 2.24) is 0 Å². The summed E-state index contributed by atoms with van der Waals surface area (Å²) in [5.74, 6) is -2.62. The predicted molar refractivity (Wildman–Crippen MR) is 172 cm³/mol. The number of halogens is 2. The number of hydrogen-bond acceptors (Lipinski definition) is 8. The van der Waals surface area contributed by atoms with Crippen molar-refractivity contribution < 1.29 is 49.1 Å². The molecule has 0 aliphatic rings. The van der Waals surface area contributed by atoms with Gasteiger partial charge >= 0.3 is 11.9 Å². The van der Waals surface area contributed by atoms with Gasteiger partial charge in [-0.15, -0.1) is 0 Å². The van der Waals surface area contributed by atoms with Crippen LogP contribution in [0.4, 0.5) is 0 Å². The van der Waals surface area contributed by atoms with Crippen LogP contribution in [0.25, 0.3) is 0 Å². The Morgan fingerprint density at radius 1 is 0.553 bits per heavy atom. The quantitative estimate of drug-likeness (QED) is 0.162. The molecule has 0 amide bonds. The van der Waals surface area contributed by atoms with E-state index in [2.05, 4.69) is 41.3 Å². The third kappa shape index (κ3) is 243. The molecular formula is C26H66Br2O10. The Bertz CT molecular complexity index is 356. The molecule has 0 aliphatic heterocycles. The number of aliphatic carboxylic acids is 2. The summed E-state index contributed by atoms with van der Waals surface area (Å²) >= 11 is 6.19. The van der Waals surface area contributed by atoms with Crippen LogP contribution in [0.15, 0.2) is 0 Å². The van der Waals surface area contributed by atoms with Crippen LogP contribution in [0.1, 0.15) is 113 Å². The van der Waals surface area contributed by atoms with E-state index >= 15 is 0 Å². The molecule has 0 atom stereocenters. The number of carboxylic acid groups (broad SMARTS) is 2. The van der Waals surface area contributed by atoms with E-state index in [1.807, 2.05) is 55.4 Å². The van der Waals surface area contributed by atoms with E-state index in [1.165, 1.54) is 13.8 Å². The normalized spacial score (nSPS) is 6.58. The van der Waals surface area contributed by atoms with Crippen LogP contribution in [0, 0.1) is 0 Å². The number of aliphatic hydroxyl groups excluding tert-OH is 2. The second-order valence-corrected chi connectivity index (χ2v) is 5.55. The fraction of sp³-hybridized carbons (Fsp3) is 0.846. The Kier molecular flexibility index (Phi) is 168. The van der Waals surface area contributed by atoms with Gasteiger partial charge in [0, 0.05) is 38.4 Å². The van der Waals surface area contributed by atoms with Crippen LogP contribution < -0.4 is 0 Å². The summed E-state index contributed by atoms with van der Waals surface area (Å²) < 4.78 is 8.91. The van der Waals surface area contributed by atoms with Gasteiger partial charge in [0.05, 0.1) is 6.10 Å². The molecule has 0 saturated heterocycles. The van der Waals surface area contributed by atoms with E-state index in [-0.39, 0.29) is 49.0 Å². The van der Waals surface area contributed by atoms with E-state index < -0.39 is 30.0 Å². The first-order valence-electron chi connectivity index (χ1n) is 10.9. The average Bonchev–Trinajstić information content (AvgIpc) is 2.80. The monoisotopic (exact) mass is 696 g/mol. The van der Waals surface area contributed by atoms with E-state index in [0.29, 0.717) is 10.7 Å². The lowest BCUT2D eigenvalue weighted by atomic mass is 10.4. The number of aliphatic hydroxyl groups is 2. The highest BCUT2D eigenvalue weighted by Gasteiger charge is 2.07. The van der Waals surface area contributed by atoms with E-state index in [4.69, 9.17) is 30.0 Å². The van der Waals surface area contributed by atoms with Crippen molar-refractivity contribution >= 4 is 55.7 Å². The number of rotatable bonds is 6. The molecule has 0 aromatic heterocycles. The molecule has 0 aromatic carbocycles. The van der Waals surface area contributed by atoms with E-state index in [1.54, 1.807) is 0 Å². The summed E-state index contributed by atoms with van der Waals surface area (Å²) in [7, 11) is 0. The highest BCUT2D eigenvalue weighted by Crippen LogP contribution is 1.93. The van der Waals surface area contributed by atoms with Crippen LogP contribution in [0.5, 0.6) is 0 Å². The Labute approximate surface area is 253 Å². The highest BCUT2D eigenvalue weighted by atomic mass is 79.9. The molecule has 0 saturated carbocycles. The zero-order valence-electron chi connectivity index (χ0n) is 23.0. The number of hydrogen-bond donors (Lipinski definition) is 4. The van der Waals surface area contributed by atoms with Gasteiger partial charge in [0.1, 0.15) is 19.3 Å². The number of carbonyl (C=O) groups is 4. The molecule has 10 nitrogen and oxygen atoms in total. The number of esters is 2. The van der Waals surface area contributed by atoms with Crippen LogP contribution in [-0.4, -0.2) is 80.4 Å². The smallest absolute Gasteiger partial charge is 0.302 e. The third-order valence-corrected chi connectivity index (χ3v) is 2.81. The Morgan fingerprint density at radius 3 is 0.789 bits per heavy atom. The molecule has 244 valence electrons. The van der Waals surface area contributed by atoms with Gasteiger partial charge in [-0.05, 0) is 0 Å². The molecule has 0 unspecified atom stereocenters. The van der Waals surface area contributed by atoms with E-state index in [0.717, 1.165) is 13.8 Å². The Morgan fingerprint density at radius 2 is 0.711 bits per heavy atom. The maximum atomic E-state index is 10.2. The molecule has 0 aromatic rings. The molecule has 0 bridgehead atoms. The average molecular weight is 699 g/mol. The van der Waals surface area contributed by atoms with Crippen molar-refractivity contribution in [2.24, 2.45) is 0 Å². The fourth-order valence-corrected chi connectivity index (χ4v) is 1.59. The van der Waals surface area contributed by atoms with Gasteiger partial charge in [0.25, 0.3) is 11.9 Å². The van der Waals surface area contributed by atoms with Crippen molar-refractivity contribution in [2.45, 2.75) is 125 Å².